The molecule has 1 atom stereocenters. The number of hydrogen-bond acceptors (Lipinski definition) is 4. The third-order valence-corrected chi connectivity index (χ3v) is 4.97. The number of aryl methyl sites for hydroxylation is 1. The molecule has 3 heterocycles. The summed E-state index contributed by atoms with van der Waals surface area (Å²) < 4.78 is 30.7. The van der Waals surface area contributed by atoms with Crippen molar-refractivity contribution in [1.82, 2.24) is 24.2 Å². The number of halogens is 2. The van der Waals surface area contributed by atoms with Gasteiger partial charge in [0.05, 0.1) is 6.20 Å². The third-order valence-electron chi connectivity index (χ3n) is 4.97. The topological polar surface area (TPSA) is 73.0 Å². The highest BCUT2D eigenvalue weighted by atomic mass is 19.1. The van der Waals surface area contributed by atoms with E-state index in [0.29, 0.717) is 24.0 Å². The van der Waals surface area contributed by atoms with Crippen LogP contribution in [0.4, 0.5) is 8.78 Å². The summed E-state index contributed by atoms with van der Waals surface area (Å²) in [5.41, 5.74) is 0.112. The van der Waals surface area contributed by atoms with Crippen molar-refractivity contribution in [3.63, 3.8) is 0 Å². The lowest BCUT2D eigenvalue weighted by Gasteiger charge is -2.18. The van der Waals surface area contributed by atoms with Crippen molar-refractivity contribution in [2.24, 2.45) is 7.05 Å². The maximum absolute atomic E-state index is 14.0. The molecule has 0 saturated carbocycles. The number of aromatic nitrogens is 4. The van der Waals surface area contributed by atoms with Gasteiger partial charge in [-0.15, -0.1) is 0 Å². The fourth-order valence-electron chi connectivity index (χ4n) is 3.55. The van der Waals surface area contributed by atoms with Crippen LogP contribution >= 0.6 is 0 Å². The molecule has 0 N–H and O–H groups in total. The normalized spacial score (nSPS) is 17.0. The molecular formula is C18H17F2N5O2. The van der Waals surface area contributed by atoms with E-state index in [2.05, 4.69) is 10.1 Å². The van der Waals surface area contributed by atoms with Gasteiger partial charge >= 0.3 is 0 Å². The zero-order valence-electron chi connectivity index (χ0n) is 14.6. The van der Waals surface area contributed by atoms with Crippen LogP contribution in [0.3, 0.4) is 0 Å². The average molecular weight is 373 g/mol. The molecule has 1 aromatic carbocycles. The number of amides is 1. The Morgan fingerprint density at radius 3 is 2.78 bits per heavy atom. The first-order valence-corrected chi connectivity index (χ1v) is 8.54. The maximum Gasteiger partial charge on any atom is 0.264 e. The van der Waals surface area contributed by atoms with Gasteiger partial charge in [-0.25, -0.2) is 13.8 Å². The van der Waals surface area contributed by atoms with Crippen LogP contribution in [0, 0.1) is 11.6 Å². The van der Waals surface area contributed by atoms with Crippen LogP contribution in [-0.2, 0) is 18.4 Å². The first-order valence-electron chi connectivity index (χ1n) is 8.54. The molecule has 3 aromatic rings. The number of carbonyl (C=O) groups excluding carboxylic acids is 1. The van der Waals surface area contributed by atoms with Crippen LogP contribution < -0.4 is 5.56 Å². The van der Waals surface area contributed by atoms with Gasteiger partial charge in [0.1, 0.15) is 29.9 Å². The molecule has 4 rings (SSSR count). The van der Waals surface area contributed by atoms with E-state index in [0.717, 1.165) is 0 Å². The Kier molecular flexibility index (Phi) is 4.21. The van der Waals surface area contributed by atoms with Crippen molar-refractivity contribution >= 4 is 16.9 Å². The van der Waals surface area contributed by atoms with Crippen molar-refractivity contribution in [2.75, 3.05) is 13.1 Å². The Morgan fingerprint density at radius 1 is 1.30 bits per heavy atom. The van der Waals surface area contributed by atoms with Crippen LogP contribution in [0.2, 0.25) is 0 Å². The lowest BCUT2D eigenvalue weighted by molar-refractivity contribution is -0.130. The SMILES string of the molecule is Cn1ncc2c(=O)n(CC(=O)N3CCC(c4c(F)cccc4F)C3)cnc21. The molecule has 0 bridgehead atoms. The van der Waals surface area contributed by atoms with E-state index in [4.69, 9.17) is 0 Å². The molecule has 1 fully saturated rings. The largest absolute Gasteiger partial charge is 0.341 e. The van der Waals surface area contributed by atoms with Gasteiger partial charge in [0.25, 0.3) is 5.56 Å². The number of rotatable bonds is 3. The average Bonchev–Trinajstić information content (AvgIpc) is 3.25. The van der Waals surface area contributed by atoms with Gasteiger partial charge in [-0.3, -0.25) is 18.8 Å². The van der Waals surface area contributed by atoms with Gasteiger partial charge < -0.3 is 4.90 Å². The van der Waals surface area contributed by atoms with E-state index >= 15 is 0 Å². The maximum atomic E-state index is 14.0. The van der Waals surface area contributed by atoms with Crippen LogP contribution in [0.5, 0.6) is 0 Å². The molecule has 0 spiro atoms. The summed E-state index contributed by atoms with van der Waals surface area (Å²) in [5, 5.41) is 4.32. The highest BCUT2D eigenvalue weighted by Gasteiger charge is 2.31. The monoisotopic (exact) mass is 373 g/mol. The predicted octanol–water partition coefficient (Wildman–Crippen LogP) is 1.42. The summed E-state index contributed by atoms with van der Waals surface area (Å²) >= 11 is 0. The van der Waals surface area contributed by atoms with Crippen molar-refractivity contribution < 1.29 is 13.6 Å². The second kappa shape index (κ2) is 6.57. The van der Waals surface area contributed by atoms with Crippen molar-refractivity contribution in [1.29, 1.82) is 0 Å². The molecule has 9 heteroatoms. The highest BCUT2D eigenvalue weighted by molar-refractivity contribution is 5.77. The molecule has 27 heavy (non-hydrogen) atoms. The van der Waals surface area contributed by atoms with E-state index in [-0.39, 0.29) is 30.1 Å². The lowest BCUT2D eigenvalue weighted by atomic mass is 9.97. The smallest absolute Gasteiger partial charge is 0.264 e. The first-order chi connectivity index (χ1) is 13.0. The zero-order valence-corrected chi connectivity index (χ0v) is 14.6. The number of carbonyl (C=O) groups is 1. The van der Waals surface area contributed by atoms with Gasteiger partial charge in [0.2, 0.25) is 5.91 Å². The summed E-state index contributed by atoms with van der Waals surface area (Å²) in [6, 6.07) is 3.76. The molecule has 2 aromatic heterocycles. The van der Waals surface area contributed by atoms with Crippen LogP contribution in [0.15, 0.2) is 35.5 Å². The number of likely N-dealkylation sites (tertiary alicyclic amines) is 1. The summed E-state index contributed by atoms with van der Waals surface area (Å²) in [7, 11) is 1.68. The van der Waals surface area contributed by atoms with Crippen molar-refractivity contribution in [2.45, 2.75) is 18.9 Å². The minimum Gasteiger partial charge on any atom is -0.341 e. The van der Waals surface area contributed by atoms with E-state index < -0.39 is 17.6 Å². The Morgan fingerprint density at radius 2 is 2.04 bits per heavy atom. The molecular weight excluding hydrogens is 356 g/mol. The third kappa shape index (κ3) is 2.98. The molecule has 140 valence electrons. The van der Waals surface area contributed by atoms with Gasteiger partial charge in [0.15, 0.2) is 5.65 Å². The fourth-order valence-corrected chi connectivity index (χ4v) is 3.55. The minimum absolute atomic E-state index is 0.0170. The quantitative estimate of drug-likeness (QED) is 0.696. The Balaban J connectivity index is 1.52. The second-order valence-electron chi connectivity index (χ2n) is 6.64. The predicted molar refractivity (Wildman–Crippen MR) is 93.1 cm³/mol. The first kappa shape index (κ1) is 17.3. The van der Waals surface area contributed by atoms with Crippen LogP contribution in [-0.4, -0.2) is 43.2 Å². The Bertz CT molecular complexity index is 1070. The van der Waals surface area contributed by atoms with E-state index in [1.165, 1.54) is 44.9 Å². The molecule has 0 aliphatic carbocycles. The molecule has 0 radical (unpaired) electrons. The zero-order chi connectivity index (χ0) is 19.1. The number of fused-ring (bicyclic) bond motifs is 1. The van der Waals surface area contributed by atoms with E-state index in [1.54, 1.807) is 7.05 Å². The van der Waals surface area contributed by atoms with Crippen molar-refractivity contribution in [3.05, 3.63) is 58.3 Å². The van der Waals surface area contributed by atoms with Crippen LogP contribution in [0.1, 0.15) is 17.9 Å². The number of hydrogen-bond donors (Lipinski definition) is 0. The summed E-state index contributed by atoms with van der Waals surface area (Å²) in [4.78, 5) is 30.7. The van der Waals surface area contributed by atoms with E-state index in [9.17, 15) is 18.4 Å². The molecule has 1 aliphatic heterocycles. The van der Waals surface area contributed by atoms with Gasteiger partial charge in [-0.2, -0.15) is 5.10 Å². The second-order valence-corrected chi connectivity index (χ2v) is 6.64. The highest BCUT2D eigenvalue weighted by Crippen LogP contribution is 2.31. The van der Waals surface area contributed by atoms with Crippen LogP contribution in [0.25, 0.3) is 11.0 Å². The number of benzene rings is 1. The minimum atomic E-state index is -0.600. The molecule has 1 saturated heterocycles. The van der Waals surface area contributed by atoms with Gasteiger partial charge in [-0.1, -0.05) is 6.07 Å². The van der Waals surface area contributed by atoms with Crippen molar-refractivity contribution in [3.8, 4) is 0 Å². The summed E-state index contributed by atoms with van der Waals surface area (Å²) in [5.74, 6) is -1.89. The molecule has 1 amide bonds. The fraction of sp³-hybridized carbons (Fsp3) is 0.333. The van der Waals surface area contributed by atoms with Gasteiger partial charge in [-0.05, 0) is 18.6 Å². The number of nitrogens with zero attached hydrogens (tertiary/aromatic N) is 5. The molecule has 1 unspecified atom stereocenters. The van der Waals surface area contributed by atoms with E-state index in [1.807, 2.05) is 0 Å². The summed E-state index contributed by atoms with van der Waals surface area (Å²) in [6.07, 6.45) is 3.20. The van der Waals surface area contributed by atoms with Gasteiger partial charge in [0, 0.05) is 31.6 Å². The lowest BCUT2D eigenvalue weighted by Crippen LogP contribution is -2.35. The molecule has 7 nitrogen and oxygen atoms in total. The Labute approximate surface area is 152 Å². The summed E-state index contributed by atoms with van der Waals surface area (Å²) in [6.45, 7) is 0.422. The standard InChI is InChI=1S/C18H17F2N5O2/c1-23-17-12(7-22-23)18(27)25(10-21-17)9-15(26)24-6-5-11(8-24)16-13(19)3-2-4-14(16)20/h2-4,7,10-11H,5-6,8-9H2,1H3. The molecule has 1 aliphatic rings. The Hall–Kier alpha value is -3.10.